The zero-order valence-electron chi connectivity index (χ0n) is 15.5. The first-order valence-electron chi connectivity index (χ1n) is 8.75. The molecule has 29 heavy (non-hydrogen) atoms. The number of halogens is 1. The average molecular weight is 475 g/mol. The van der Waals surface area contributed by atoms with Crippen LogP contribution in [0, 0.1) is 0 Å². The molecule has 0 unspecified atom stereocenters. The van der Waals surface area contributed by atoms with Crippen molar-refractivity contribution in [3.63, 3.8) is 0 Å². The van der Waals surface area contributed by atoms with Gasteiger partial charge in [-0.1, -0.05) is 34.1 Å². The Balaban J connectivity index is 1.59. The second-order valence-corrected chi connectivity index (χ2v) is 8.86. The maximum atomic E-state index is 12.4. The minimum atomic E-state index is -3.81. The third kappa shape index (κ3) is 5.90. The van der Waals surface area contributed by atoms with Crippen LogP contribution in [0.5, 0.6) is 11.5 Å². The highest BCUT2D eigenvalue weighted by Crippen LogP contribution is 2.22. The van der Waals surface area contributed by atoms with Gasteiger partial charge in [-0.15, -0.1) is 0 Å². The van der Waals surface area contributed by atoms with E-state index in [9.17, 15) is 13.2 Å². The van der Waals surface area contributed by atoms with Crippen LogP contribution in [0.2, 0.25) is 0 Å². The van der Waals surface area contributed by atoms with Crippen molar-refractivity contribution in [2.45, 2.75) is 17.9 Å². The van der Waals surface area contributed by atoms with Crippen molar-refractivity contribution >= 4 is 37.5 Å². The lowest BCUT2D eigenvalue weighted by atomic mass is 10.2. The number of sulfonamides is 1. The number of ether oxygens (including phenoxy) is 1. The number of para-hydroxylation sites is 1. The summed E-state index contributed by atoms with van der Waals surface area (Å²) < 4.78 is 33.7. The van der Waals surface area contributed by atoms with E-state index in [1.807, 2.05) is 30.3 Å². The Bertz CT molecular complexity index is 1070. The van der Waals surface area contributed by atoms with Gasteiger partial charge in [-0.3, -0.25) is 4.79 Å². The van der Waals surface area contributed by atoms with Gasteiger partial charge in [0.2, 0.25) is 15.9 Å². The number of hydrogen-bond donors (Lipinski definition) is 2. The van der Waals surface area contributed by atoms with Crippen LogP contribution in [0.4, 0.5) is 5.69 Å². The Kier molecular flexibility index (Phi) is 6.68. The van der Waals surface area contributed by atoms with Gasteiger partial charge in [-0.25, -0.2) is 8.42 Å². The van der Waals surface area contributed by atoms with E-state index < -0.39 is 22.0 Å². The maximum Gasteiger partial charge on any atom is 0.242 e. The van der Waals surface area contributed by atoms with Crippen LogP contribution in [0.1, 0.15) is 6.92 Å². The number of nitrogens with one attached hydrogen (secondary N) is 2. The zero-order chi connectivity index (χ0) is 20.9. The van der Waals surface area contributed by atoms with Crippen LogP contribution in [0.3, 0.4) is 0 Å². The molecule has 3 rings (SSSR count). The molecule has 0 saturated heterocycles. The topological polar surface area (TPSA) is 84.5 Å². The smallest absolute Gasteiger partial charge is 0.242 e. The molecule has 0 spiro atoms. The third-order valence-electron chi connectivity index (χ3n) is 3.95. The standard InChI is InChI=1S/C21H19BrN2O4S/c1-15(24-29(26,27)20-13-7-16(22)8-14-20)21(25)23-17-9-11-19(12-10-17)28-18-5-3-2-4-6-18/h2-15,24H,1H3,(H,23,25)/t15-/m1/s1. The summed E-state index contributed by atoms with van der Waals surface area (Å²) in [5.41, 5.74) is 0.533. The third-order valence-corrected chi connectivity index (χ3v) is 6.04. The molecular weight excluding hydrogens is 456 g/mol. The fourth-order valence-electron chi connectivity index (χ4n) is 2.45. The van der Waals surface area contributed by atoms with Crippen molar-refractivity contribution in [3.8, 4) is 11.5 Å². The maximum absolute atomic E-state index is 12.4. The summed E-state index contributed by atoms with van der Waals surface area (Å²) >= 11 is 3.26. The Morgan fingerprint density at radius 1 is 0.897 bits per heavy atom. The molecule has 0 radical (unpaired) electrons. The zero-order valence-corrected chi connectivity index (χ0v) is 17.9. The fourth-order valence-corrected chi connectivity index (χ4v) is 3.92. The number of benzene rings is 3. The summed E-state index contributed by atoms with van der Waals surface area (Å²) in [4.78, 5) is 12.5. The average Bonchev–Trinajstić information content (AvgIpc) is 2.70. The molecule has 150 valence electrons. The van der Waals surface area contributed by atoms with Gasteiger partial charge in [-0.2, -0.15) is 4.72 Å². The molecular formula is C21H19BrN2O4S. The first-order valence-corrected chi connectivity index (χ1v) is 11.0. The van der Waals surface area contributed by atoms with Crippen LogP contribution in [0.25, 0.3) is 0 Å². The SMILES string of the molecule is C[C@@H](NS(=O)(=O)c1ccc(Br)cc1)C(=O)Nc1ccc(Oc2ccccc2)cc1. The molecule has 0 saturated carbocycles. The number of rotatable bonds is 7. The monoisotopic (exact) mass is 474 g/mol. The fraction of sp³-hybridized carbons (Fsp3) is 0.0952. The van der Waals surface area contributed by atoms with Gasteiger partial charge in [0, 0.05) is 10.2 Å². The van der Waals surface area contributed by atoms with Crippen LogP contribution in [-0.4, -0.2) is 20.4 Å². The summed E-state index contributed by atoms with van der Waals surface area (Å²) in [6, 6.07) is 21.4. The molecule has 2 N–H and O–H groups in total. The Morgan fingerprint density at radius 2 is 1.48 bits per heavy atom. The normalized spacial score (nSPS) is 12.2. The van der Waals surface area contributed by atoms with Crippen LogP contribution >= 0.6 is 15.9 Å². The van der Waals surface area contributed by atoms with E-state index in [2.05, 4.69) is 26.0 Å². The van der Waals surface area contributed by atoms with Gasteiger partial charge in [-0.05, 0) is 67.6 Å². The van der Waals surface area contributed by atoms with Gasteiger partial charge in [0.05, 0.1) is 10.9 Å². The quantitative estimate of drug-likeness (QED) is 0.525. The molecule has 0 bridgehead atoms. The van der Waals surface area contributed by atoms with E-state index in [1.54, 1.807) is 36.4 Å². The molecule has 8 heteroatoms. The number of carbonyl (C=O) groups excluding carboxylic acids is 1. The molecule has 0 heterocycles. The van der Waals surface area contributed by atoms with Crippen molar-refractivity contribution in [3.05, 3.63) is 83.3 Å². The molecule has 0 aromatic heterocycles. The summed E-state index contributed by atoms with van der Waals surface area (Å²) in [7, 11) is -3.81. The van der Waals surface area contributed by atoms with Gasteiger partial charge < -0.3 is 10.1 Å². The van der Waals surface area contributed by atoms with Gasteiger partial charge in [0.25, 0.3) is 0 Å². The van der Waals surface area contributed by atoms with Crippen LogP contribution in [-0.2, 0) is 14.8 Å². The van der Waals surface area contributed by atoms with Crippen molar-refractivity contribution < 1.29 is 17.9 Å². The van der Waals surface area contributed by atoms with Crippen molar-refractivity contribution in [1.82, 2.24) is 4.72 Å². The minimum Gasteiger partial charge on any atom is -0.457 e. The van der Waals surface area contributed by atoms with Crippen LogP contribution in [0.15, 0.2) is 88.2 Å². The van der Waals surface area contributed by atoms with Crippen molar-refractivity contribution in [2.75, 3.05) is 5.32 Å². The molecule has 1 amide bonds. The first kappa shape index (κ1) is 21.0. The van der Waals surface area contributed by atoms with E-state index in [0.717, 1.165) is 4.47 Å². The molecule has 6 nitrogen and oxygen atoms in total. The molecule has 0 fully saturated rings. The Morgan fingerprint density at radius 3 is 2.10 bits per heavy atom. The van der Waals surface area contributed by atoms with Crippen molar-refractivity contribution in [2.24, 2.45) is 0 Å². The summed E-state index contributed by atoms with van der Waals surface area (Å²) in [5.74, 6) is 0.862. The number of hydrogen-bond acceptors (Lipinski definition) is 4. The first-order chi connectivity index (χ1) is 13.8. The molecule has 3 aromatic rings. The van der Waals surface area contributed by atoms with Gasteiger partial charge in [0.1, 0.15) is 11.5 Å². The predicted molar refractivity (Wildman–Crippen MR) is 116 cm³/mol. The van der Waals surface area contributed by atoms with E-state index in [1.165, 1.54) is 19.1 Å². The Hall–Kier alpha value is -2.68. The lowest BCUT2D eigenvalue weighted by Crippen LogP contribution is -2.41. The predicted octanol–water partition coefficient (Wildman–Crippen LogP) is 4.55. The lowest BCUT2D eigenvalue weighted by Gasteiger charge is -2.15. The molecule has 0 aliphatic heterocycles. The summed E-state index contributed by atoms with van der Waals surface area (Å²) in [6.45, 7) is 1.48. The van der Waals surface area contributed by atoms with Crippen molar-refractivity contribution in [1.29, 1.82) is 0 Å². The van der Waals surface area contributed by atoms with Gasteiger partial charge in [0.15, 0.2) is 0 Å². The number of amides is 1. The van der Waals surface area contributed by atoms with E-state index >= 15 is 0 Å². The second-order valence-electron chi connectivity index (χ2n) is 6.23. The minimum absolute atomic E-state index is 0.0859. The van der Waals surface area contributed by atoms with Gasteiger partial charge >= 0.3 is 0 Å². The van der Waals surface area contributed by atoms with E-state index in [0.29, 0.717) is 17.2 Å². The highest BCUT2D eigenvalue weighted by atomic mass is 79.9. The number of anilines is 1. The van der Waals surface area contributed by atoms with E-state index in [4.69, 9.17) is 4.74 Å². The molecule has 1 atom stereocenters. The summed E-state index contributed by atoms with van der Waals surface area (Å²) in [5, 5.41) is 2.69. The van der Waals surface area contributed by atoms with E-state index in [-0.39, 0.29) is 4.90 Å². The second kappa shape index (κ2) is 9.21. The van der Waals surface area contributed by atoms with Crippen LogP contribution < -0.4 is 14.8 Å². The Labute approximate surface area is 178 Å². The largest absolute Gasteiger partial charge is 0.457 e. The highest BCUT2D eigenvalue weighted by Gasteiger charge is 2.22. The summed E-state index contributed by atoms with van der Waals surface area (Å²) in [6.07, 6.45) is 0. The molecule has 0 aliphatic rings. The lowest BCUT2D eigenvalue weighted by molar-refractivity contribution is -0.117. The molecule has 3 aromatic carbocycles. The number of carbonyl (C=O) groups is 1. The highest BCUT2D eigenvalue weighted by molar-refractivity contribution is 9.10. The molecule has 0 aliphatic carbocycles.